The van der Waals surface area contributed by atoms with Crippen LogP contribution in [0.4, 0.5) is 0 Å². The maximum absolute atomic E-state index is 5.56. The highest BCUT2D eigenvalue weighted by Crippen LogP contribution is 2.22. The van der Waals surface area contributed by atoms with Crippen molar-refractivity contribution in [3.63, 3.8) is 0 Å². The van der Waals surface area contributed by atoms with Gasteiger partial charge in [0.2, 0.25) is 0 Å². The van der Waals surface area contributed by atoms with E-state index in [2.05, 4.69) is 17.6 Å². The van der Waals surface area contributed by atoms with Crippen molar-refractivity contribution >= 4 is 0 Å². The van der Waals surface area contributed by atoms with Crippen LogP contribution in [-0.2, 0) is 4.74 Å². The Kier molecular flexibility index (Phi) is 5.93. The van der Waals surface area contributed by atoms with Gasteiger partial charge in [-0.1, -0.05) is 12.8 Å². The third-order valence-electron chi connectivity index (χ3n) is 4.55. The summed E-state index contributed by atoms with van der Waals surface area (Å²) in [5, 5.41) is 7.47. The van der Waals surface area contributed by atoms with Gasteiger partial charge in [0.25, 0.3) is 0 Å². The minimum Gasteiger partial charge on any atom is -0.380 e. The zero-order chi connectivity index (χ0) is 12.8. The van der Waals surface area contributed by atoms with E-state index in [1.807, 2.05) is 7.11 Å². The van der Waals surface area contributed by atoms with Crippen molar-refractivity contribution in [3.05, 3.63) is 0 Å². The summed E-state index contributed by atoms with van der Waals surface area (Å²) in [5.74, 6) is 0. The van der Waals surface area contributed by atoms with Crippen LogP contribution in [0.5, 0.6) is 0 Å². The molecule has 106 valence electrons. The molecule has 0 radical (unpaired) electrons. The molecule has 2 rings (SSSR count). The molecule has 1 saturated carbocycles. The number of methoxy groups -OCH3 is 1. The SMILES string of the molecule is COC1CCCC1NC(C)CC1CCCCCN1. The minimum absolute atomic E-state index is 0.439. The van der Waals surface area contributed by atoms with E-state index in [9.17, 15) is 0 Å². The Balaban J connectivity index is 1.71. The Bertz CT molecular complexity index is 227. The van der Waals surface area contributed by atoms with Gasteiger partial charge in [-0.15, -0.1) is 0 Å². The van der Waals surface area contributed by atoms with Gasteiger partial charge in [0, 0.05) is 25.2 Å². The van der Waals surface area contributed by atoms with Crippen molar-refractivity contribution < 1.29 is 4.74 Å². The van der Waals surface area contributed by atoms with Crippen LogP contribution in [0.1, 0.15) is 58.3 Å². The van der Waals surface area contributed by atoms with Crippen LogP contribution < -0.4 is 10.6 Å². The molecule has 0 aromatic heterocycles. The summed E-state index contributed by atoms with van der Waals surface area (Å²) in [6.45, 7) is 3.54. The number of hydrogen-bond donors (Lipinski definition) is 2. The molecule has 0 aromatic rings. The lowest BCUT2D eigenvalue weighted by Gasteiger charge is -2.27. The van der Waals surface area contributed by atoms with Gasteiger partial charge in [0.05, 0.1) is 6.10 Å². The molecule has 1 aliphatic carbocycles. The first-order valence-electron chi connectivity index (χ1n) is 7.82. The van der Waals surface area contributed by atoms with E-state index in [0.29, 0.717) is 18.2 Å². The van der Waals surface area contributed by atoms with E-state index in [-0.39, 0.29) is 0 Å². The Labute approximate surface area is 112 Å². The molecule has 1 saturated heterocycles. The third kappa shape index (κ3) is 4.22. The van der Waals surface area contributed by atoms with E-state index in [0.717, 1.165) is 6.04 Å². The fraction of sp³-hybridized carbons (Fsp3) is 1.00. The molecule has 2 N–H and O–H groups in total. The molecule has 0 bridgehead atoms. The van der Waals surface area contributed by atoms with Crippen LogP contribution >= 0.6 is 0 Å². The fourth-order valence-electron chi connectivity index (χ4n) is 3.56. The molecule has 3 nitrogen and oxygen atoms in total. The minimum atomic E-state index is 0.439. The Morgan fingerprint density at radius 1 is 1.17 bits per heavy atom. The maximum Gasteiger partial charge on any atom is 0.0724 e. The van der Waals surface area contributed by atoms with Crippen molar-refractivity contribution in [2.45, 2.75) is 82.5 Å². The van der Waals surface area contributed by atoms with Crippen molar-refractivity contribution in [2.75, 3.05) is 13.7 Å². The topological polar surface area (TPSA) is 33.3 Å². The van der Waals surface area contributed by atoms with Crippen LogP contribution in [-0.4, -0.2) is 37.9 Å². The van der Waals surface area contributed by atoms with E-state index < -0.39 is 0 Å². The Hall–Kier alpha value is -0.120. The maximum atomic E-state index is 5.56. The molecule has 0 amide bonds. The van der Waals surface area contributed by atoms with Gasteiger partial charge < -0.3 is 15.4 Å². The number of hydrogen-bond acceptors (Lipinski definition) is 3. The normalized spacial score (nSPS) is 35.3. The number of ether oxygens (including phenoxy) is 1. The second-order valence-electron chi connectivity index (χ2n) is 6.12. The molecule has 3 heteroatoms. The molecule has 4 unspecified atom stereocenters. The predicted molar refractivity (Wildman–Crippen MR) is 75.9 cm³/mol. The zero-order valence-corrected chi connectivity index (χ0v) is 12.1. The van der Waals surface area contributed by atoms with Gasteiger partial charge in [0.15, 0.2) is 0 Å². The lowest BCUT2D eigenvalue weighted by atomic mass is 10.0. The second kappa shape index (κ2) is 7.46. The Morgan fingerprint density at radius 2 is 2.06 bits per heavy atom. The van der Waals surface area contributed by atoms with Gasteiger partial charge in [-0.25, -0.2) is 0 Å². The van der Waals surface area contributed by atoms with Gasteiger partial charge in [-0.2, -0.15) is 0 Å². The van der Waals surface area contributed by atoms with Gasteiger partial charge >= 0.3 is 0 Å². The molecule has 1 aliphatic heterocycles. The first-order valence-corrected chi connectivity index (χ1v) is 7.82. The highest BCUT2D eigenvalue weighted by atomic mass is 16.5. The Morgan fingerprint density at radius 3 is 2.89 bits per heavy atom. The quantitative estimate of drug-likeness (QED) is 0.790. The smallest absolute Gasteiger partial charge is 0.0724 e. The standard InChI is InChI=1S/C15H30N2O/c1-12(11-13-7-4-3-5-10-16-13)17-14-8-6-9-15(14)18-2/h12-17H,3-11H2,1-2H3. The van der Waals surface area contributed by atoms with Crippen molar-refractivity contribution in [1.82, 2.24) is 10.6 Å². The molecule has 2 aliphatic rings. The molecule has 0 spiro atoms. The van der Waals surface area contributed by atoms with Gasteiger partial charge in [0.1, 0.15) is 0 Å². The van der Waals surface area contributed by atoms with E-state index in [1.165, 1.54) is 57.9 Å². The average Bonchev–Trinajstić information content (AvgIpc) is 2.64. The van der Waals surface area contributed by atoms with Crippen LogP contribution in [0, 0.1) is 0 Å². The van der Waals surface area contributed by atoms with Crippen LogP contribution in [0.15, 0.2) is 0 Å². The summed E-state index contributed by atoms with van der Waals surface area (Å²) in [5.41, 5.74) is 0. The zero-order valence-electron chi connectivity index (χ0n) is 12.1. The average molecular weight is 254 g/mol. The highest BCUT2D eigenvalue weighted by Gasteiger charge is 2.28. The van der Waals surface area contributed by atoms with Crippen molar-refractivity contribution in [3.8, 4) is 0 Å². The number of rotatable bonds is 5. The molecule has 4 atom stereocenters. The summed E-state index contributed by atoms with van der Waals surface area (Å²) in [7, 11) is 1.85. The van der Waals surface area contributed by atoms with Crippen molar-refractivity contribution in [2.24, 2.45) is 0 Å². The fourth-order valence-corrected chi connectivity index (χ4v) is 3.56. The molecule has 2 fully saturated rings. The monoisotopic (exact) mass is 254 g/mol. The summed E-state index contributed by atoms with van der Waals surface area (Å²) >= 11 is 0. The van der Waals surface area contributed by atoms with E-state index >= 15 is 0 Å². The molecule has 0 aromatic carbocycles. The highest BCUT2D eigenvalue weighted by molar-refractivity contribution is 4.87. The largest absolute Gasteiger partial charge is 0.380 e. The van der Waals surface area contributed by atoms with Gasteiger partial charge in [-0.05, 0) is 52.0 Å². The van der Waals surface area contributed by atoms with E-state index in [4.69, 9.17) is 4.74 Å². The summed E-state index contributed by atoms with van der Waals surface area (Å²) in [6, 6.07) is 1.90. The van der Waals surface area contributed by atoms with Crippen LogP contribution in [0.3, 0.4) is 0 Å². The van der Waals surface area contributed by atoms with Crippen LogP contribution in [0.25, 0.3) is 0 Å². The lowest BCUT2D eigenvalue weighted by Crippen LogP contribution is -2.45. The first kappa shape index (κ1) is 14.3. The molecular formula is C15H30N2O. The molecule has 18 heavy (non-hydrogen) atoms. The molecular weight excluding hydrogens is 224 g/mol. The lowest BCUT2D eigenvalue weighted by molar-refractivity contribution is 0.0810. The predicted octanol–water partition coefficient (Wildman–Crippen LogP) is 2.45. The second-order valence-corrected chi connectivity index (χ2v) is 6.12. The summed E-state index contributed by atoms with van der Waals surface area (Å²) < 4.78 is 5.56. The van der Waals surface area contributed by atoms with Crippen LogP contribution in [0.2, 0.25) is 0 Å². The molecule has 1 heterocycles. The number of nitrogens with one attached hydrogen (secondary N) is 2. The summed E-state index contributed by atoms with van der Waals surface area (Å²) in [4.78, 5) is 0. The third-order valence-corrected chi connectivity index (χ3v) is 4.55. The summed E-state index contributed by atoms with van der Waals surface area (Å²) in [6.07, 6.45) is 11.0. The first-order chi connectivity index (χ1) is 8.79. The van der Waals surface area contributed by atoms with Gasteiger partial charge in [-0.3, -0.25) is 0 Å². The van der Waals surface area contributed by atoms with E-state index in [1.54, 1.807) is 0 Å². The van der Waals surface area contributed by atoms with Crippen molar-refractivity contribution in [1.29, 1.82) is 0 Å².